The van der Waals surface area contributed by atoms with E-state index < -0.39 is 17.7 Å². The third-order valence-corrected chi connectivity index (χ3v) is 4.37. The van der Waals surface area contributed by atoms with Gasteiger partial charge in [0.05, 0.1) is 22.9 Å². The normalized spacial score (nSPS) is 19.9. The van der Waals surface area contributed by atoms with Gasteiger partial charge in [0.15, 0.2) is 11.4 Å². The molecule has 0 radical (unpaired) electrons. The van der Waals surface area contributed by atoms with E-state index in [2.05, 4.69) is 11.1 Å². The van der Waals surface area contributed by atoms with Gasteiger partial charge >= 0.3 is 0 Å². The maximum atomic E-state index is 15.4. The minimum Gasteiger partial charge on any atom is -0.436 e. The maximum Gasteiger partial charge on any atom is 0.227 e. The Labute approximate surface area is 137 Å². The zero-order chi connectivity index (χ0) is 17.1. The lowest BCUT2D eigenvalue weighted by molar-refractivity contribution is -0.139. The van der Waals surface area contributed by atoms with E-state index in [1.807, 2.05) is 0 Å². The van der Waals surface area contributed by atoms with Gasteiger partial charge in [0.2, 0.25) is 5.71 Å². The lowest BCUT2D eigenvalue weighted by Crippen LogP contribution is -2.20. The fraction of sp³-hybridized carbons (Fsp3) is 0.333. The molecule has 1 fully saturated rings. The van der Waals surface area contributed by atoms with E-state index in [0.717, 1.165) is 0 Å². The molecule has 1 aromatic carbocycles. The van der Waals surface area contributed by atoms with Crippen molar-refractivity contribution in [3.63, 3.8) is 0 Å². The van der Waals surface area contributed by atoms with Gasteiger partial charge in [-0.3, -0.25) is 0 Å². The molecule has 1 aliphatic rings. The Kier molecular flexibility index (Phi) is 3.14. The lowest BCUT2D eigenvalue weighted by Gasteiger charge is -2.19. The van der Waals surface area contributed by atoms with Crippen LogP contribution in [0, 0.1) is 24.1 Å². The molecule has 0 spiro atoms. The highest BCUT2D eigenvalue weighted by molar-refractivity contribution is 6.06. The zero-order valence-electron chi connectivity index (χ0n) is 13.5. The van der Waals surface area contributed by atoms with Crippen LogP contribution in [0.1, 0.15) is 36.6 Å². The van der Waals surface area contributed by atoms with E-state index in [9.17, 15) is 5.26 Å². The molecular formula is C18H15FN2O3. The third kappa shape index (κ3) is 2.02. The summed E-state index contributed by atoms with van der Waals surface area (Å²) in [6.45, 7) is 5.49. The van der Waals surface area contributed by atoms with Gasteiger partial charge in [-0.15, -0.1) is 0 Å². The highest BCUT2D eigenvalue weighted by Gasteiger charge is 2.37. The topological polar surface area (TPSA) is 68.3 Å². The minimum atomic E-state index is -0.786. The Morgan fingerprint density at radius 1 is 1.42 bits per heavy atom. The first-order chi connectivity index (χ1) is 11.4. The molecular weight excluding hydrogens is 311 g/mol. The number of aromatic nitrogens is 1. The molecule has 2 aromatic heterocycles. The second-order valence-corrected chi connectivity index (χ2v) is 6.32. The van der Waals surface area contributed by atoms with Crippen molar-refractivity contribution in [1.82, 2.24) is 4.98 Å². The number of nitrogens with zero attached hydrogens (tertiary/aromatic N) is 2. The van der Waals surface area contributed by atoms with E-state index in [0.29, 0.717) is 27.8 Å². The number of ether oxygens (including phenoxy) is 2. The van der Waals surface area contributed by atoms with Crippen molar-refractivity contribution in [3.8, 4) is 6.07 Å². The van der Waals surface area contributed by atoms with E-state index in [1.165, 1.54) is 0 Å². The number of benzene rings is 1. The molecule has 0 unspecified atom stereocenters. The Balaban J connectivity index is 2.08. The molecule has 122 valence electrons. The standard InChI is InChI=1S/C18H15FN2O3/c1-9-11(7-20)16-14(10-5-4-6-21-17(10)23-16)15(19)13(9)12-8-22-18(2,3)24-12/h4-6,12H,8H2,1-3H3/t12-/m1/s1. The number of hydrogen-bond acceptors (Lipinski definition) is 5. The van der Waals surface area contributed by atoms with Crippen LogP contribution in [0.2, 0.25) is 0 Å². The Bertz CT molecular complexity index is 1020. The molecule has 0 bridgehead atoms. The van der Waals surface area contributed by atoms with Gasteiger partial charge in [-0.2, -0.15) is 5.26 Å². The lowest BCUT2D eigenvalue weighted by atomic mass is 9.95. The van der Waals surface area contributed by atoms with Crippen LogP contribution in [-0.2, 0) is 9.47 Å². The Morgan fingerprint density at radius 3 is 2.88 bits per heavy atom. The van der Waals surface area contributed by atoms with Crippen molar-refractivity contribution >= 4 is 22.1 Å². The van der Waals surface area contributed by atoms with Gasteiger partial charge in [-0.25, -0.2) is 9.37 Å². The van der Waals surface area contributed by atoms with E-state index >= 15 is 4.39 Å². The second kappa shape index (κ2) is 5.00. The molecule has 24 heavy (non-hydrogen) atoms. The van der Waals surface area contributed by atoms with E-state index in [4.69, 9.17) is 13.9 Å². The van der Waals surface area contributed by atoms with Crippen LogP contribution in [0.4, 0.5) is 4.39 Å². The number of hydrogen-bond donors (Lipinski definition) is 0. The fourth-order valence-corrected chi connectivity index (χ4v) is 3.28. The first-order valence-corrected chi connectivity index (χ1v) is 7.64. The van der Waals surface area contributed by atoms with Gasteiger partial charge in [0.1, 0.15) is 18.0 Å². The van der Waals surface area contributed by atoms with E-state index in [-0.39, 0.29) is 17.6 Å². The summed E-state index contributed by atoms with van der Waals surface area (Å²) >= 11 is 0. The van der Waals surface area contributed by atoms with Gasteiger partial charge in [0.25, 0.3) is 0 Å². The number of pyridine rings is 1. The monoisotopic (exact) mass is 326 g/mol. The van der Waals surface area contributed by atoms with Gasteiger partial charge in [-0.1, -0.05) is 0 Å². The molecule has 3 heterocycles. The fourth-order valence-electron chi connectivity index (χ4n) is 3.28. The van der Waals surface area contributed by atoms with Gasteiger partial charge < -0.3 is 13.9 Å². The van der Waals surface area contributed by atoms with Crippen molar-refractivity contribution in [2.45, 2.75) is 32.7 Å². The predicted octanol–water partition coefficient (Wildman–Crippen LogP) is 4.12. The number of fused-ring (bicyclic) bond motifs is 3. The summed E-state index contributed by atoms with van der Waals surface area (Å²) in [7, 11) is 0. The summed E-state index contributed by atoms with van der Waals surface area (Å²) in [5.74, 6) is -1.23. The minimum absolute atomic E-state index is 0.225. The first-order valence-electron chi connectivity index (χ1n) is 7.64. The largest absolute Gasteiger partial charge is 0.436 e. The summed E-state index contributed by atoms with van der Waals surface area (Å²) in [6, 6.07) is 5.57. The summed E-state index contributed by atoms with van der Waals surface area (Å²) in [5, 5.41) is 10.4. The van der Waals surface area contributed by atoms with Gasteiger partial charge in [0, 0.05) is 11.8 Å². The summed E-state index contributed by atoms with van der Waals surface area (Å²) in [5.41, 5.74) is 1.68. The molecule has 5 nitrogen and oxygen atoms in total. The molecule has 1 saturated heterocycles. The maximum absolute atomic E-state index is 15.4. The average Bonchev–Trinajstić information content (AvgIpc) is 3.08. The SMILES string of the molecule is Cc1c([C@H]2COC(C)(C)O2)c(F)c2c(oc3ncccc32)c1C#N. The van der Waals surface area contributed by atoms with Crippen LogP contribution in [0.5, 0.6) is 0 Å². The molecule has 0 amide bonds. The smallest absolute Gasteiger partial charge is 0.227 e. The van der Waals surface area contributed by atoms with Gasteiger partial charge in [-0.05, 0) is 38.5 Å². The summed E-state index contributed by atoms with van der Waals surface area (Å²) < 4.78 is 32.4. The van der Waals surface area contributed by atoms with Crippen LogP contribution in [0.25, 0.3) is 22.1 Å². The average molecular weight is 326 g/mol. The molecule has 3 aromatic rings. The number of nitriles is 1. The molecule has 0 saturated carbocycles. The molecule has 6 heteroatoms. The Hall–Kier alpha value is -2.49. The molecule has 0 N–H and O–H groups in total. The number of furan rings is 1. The van der Waals surface area contributed by atoms with Crippen LogP contribution < -0.4 is 0 Å². The van der Waals surface area contributed by atoms with E-state index in [1.54, 1.807) is 39.1 Å². The van der Waals surface area contributed by atoms with Crippen LogP contribution >= 0.6 is 0 Å². The van der Waals surface area contributed by atoms with Crippen molar-refractivity contribution in [2.24, 2.45) is 0 Å². The zero-order valence-corrected chi connectivity index (χ0v) is 13.5. The van der Waals surface area contributed by atoms with Crippen molar-refractivity contribution in [1.29, 1.82) is 5.26 Å². The quantitative estimate of drug-likeness (QED) is 0.673. The molecule has 1 atom stereocenters. The van der Waals surface area contributed by atoms with Crippen LogP contribution in [0.15, 0.2) is 22.7 Å². The summed E-state index contributed by atoms with van der Waals surface area (Å²) in [6.07, 6.45) is 0.997. The third-order valence-electron chi connectivity index (χ3n) is 4.37. The number of rotatable bonds is 1. The molecule has 0 aliphatic carbocycles. The first kappa shape index (κ1) is 15.1. The van der Waals surface area contributed by atoms with Crippen LogP contribution in [0.3, 0.4) is 0 Å². The highest BCUT2D eigenvalue weighted by Crippen LogP contribution is 2.42. The van der Waals surface area contributed by atoms with Crippen molar-refractivity contribution < 1.29 is 18.3 Å². The second-order valence-electron chi connectivity index (χ2n) is 6.32. The highest BCUT2D eigenvalue weighted by atomic mass is 19.1. The number of halogens is 1. The van der Waals surface area contributed by atoms with Crippen molar-refractivity contribution in [3.05, 3.63) is 40.8 Å². The Morgan fingerprint density at radius 2 is 2.21 bits per heavy atom. The van der Waals surface area contributed by atoms with Crippen molar-refractivity contribution in [2.75, 3.05) is 6.61 Å². The molecule has 4 rings (SSSR count). The molecule has 1 aliphatic heterocycles. The van der Waals surface area contributed by atoms with Crippen LogP contribution in [-0.4, -0.2) is 17.4 Å². The summed E-state index contributed by atoms with van der Waals surface area (Å²) in [4.78, 5) is 4.12. The predicted molar refractivity (Wildman–Crippen MR) is 84.8 cm³/mol.